The number of carbonyl (C=O) groups excluding carboxylic acids is 1. The zero-order valence-electron chi connectivity index (χ0n) is 12.3. The summed E-state index contributed by atoms with van der Waals surface area (Å²) in [5, 5.41) is 2.96. The molecule has 1 aliphatic carbocycles. The molecular formula is C16H25N3O. The third-order valence-electron chi connectivity index (χ3n) is 4.27. The third-order valence-corrected chi connectivity index (χ3v) is 4.27. The van der Waals surface area contributed by atoms with Gasteiger partial charge in [0.15, 0.2) is 0 Å². The van der Waals surface area contributed by atoms with Gasteiger partial charge in [0, 0.05) is 19.3 Å². The summed E-state index contributed by atoms with van der Waals surface area (Å²) < 4.78 is 0. The van der Waals surface area contributed by atoms with Gasteiger partial charge >= 0.3 is 0 Å². The van der Waals surface area contributed by atoms with Crippen molar-refractivity contribution in [2.24, 2.45) is 17.6 Å². The zero-order chi connectivity index (χ0) is 14.4. The molecule has 0 aromatic carbocycles. The Morgan fingerprint density at radius 3 is 2.70 bits per heavy atom. The van der Waals surface area contributed by atoms with Crippen molar-refractivity contribution in [2.75, 3.05) is 6.54 Å². The molecule has 1 amide bonds. The first kappa shape index (κ1) is 15.0. The maximum atomic E-state index is 11.9. The zero-order valence-corrected chi connectivity index (χ0v) is 12.3. The van der Waals surface area contributed by atoms with Crippen LogP contribution in [0.2, 0.25) is 0 Å². The number of nitrogens with zero attached hydrogens (tertiary/aromatic N) is 1. The predicted molar refractivity (Wildman–Crippen MR) is 80.2 cm³/mol. The summed E-state index contributed by atoms with van der Waals surface area (Å²) in [6.45, 7) is 3.53. The van der Waals surface area contributed by atoms with E-state index in [0.717, 1.165) is 30.4 Å². The van der Waals surface area contributed by atoms with Gasteiger partial charge in [0.25, 0.3) is 5.91 Å². The summed E-state index contributed by atoms with van der Waals surface area (Å²) in [7, 11) is 0. The van der Waals surface area contributed by atoms with E-state index < -0.39 is 0 Å². The van der Waals surface area contributed by atoms with Gasteiger partial charge < -0.3 is 11.1 Å². The van der Waals surface area contributed by atoms with Crippen LogP contribution in [-0.4, -0.2) is 17.4 Å². The molecule has 0 spiro atoms. The predicted octanol–water partition coefficient (Wildman–Crippen LogP) is 2.49. The van der Waals surface area contributed by atoms with E-state index in [9.17, 15) is 4.79 Å². The highest BCUT2D eigenvalue weighted by Crippen LogP contribution is 2.29. The van der Waals surface area contributed by atoms with E-state index in [1.807, 2.05) is 6.07 Å². The first-order valence-electron chi connectivity index (χ1n) is 7.62. The molecule has 1 heterocycles. The molecule has 0 bridgehead atoms. The average molecular weight is 275 g/mol. The number of rotatable bonds is 5. The Morgan fingerprint density at radius 2 is 2.10 bits per heavy atom. The standard InChI is InChI=1S/C16H25N3O/c1-12-2-4-13(5-3-12)8-9-18-16(20)15-7-6-14(10-17)11-19-15/h6-7,11-13H,2-5,8-10,17H2,1H3,(H,18,20). The van der Waals surface area contributed by atoms with Crippen LogP contribution >= 0.6 is 0 Å². The molecule has 3 N–H and O–H groups in total. The Morgan fingerprint density at radius 1 is 1.35 bits per heavy atom. The smallest absolute Gasteiger partial charge is 0.269 e. The van der Waals surface area contributed by atoms with Crippen LogP contribution in [0.25, 0.3) is 0 Å². The number of hydrogen-bond acceptors (Lipinski definition) is 3. The molecule has 1 aromatic rings. The quantitative estimate of drug-likeness (QED) is 0.867. The Kier molecular flexibility index (Phi) is 5.53. The maximum absolute atomic E-state index is 11.9. The van der Waals surface area contributed by atoms with Crippen LogP contribution in [-0.2, 0) is 6.54 Å². The maximum Gasteiger partial charge on any atom is 0.269 e. The van der Waals surface area contributed by atoms with Gasteiger partial charge in [-0.15, -0.1) is 0 Å². The van der Waals surface area contributed by atoms with E-state index in [1.165, 1.54) is 25.7 Å². The van der Waals surface area contributed by atoms with Gasteiger partial charge in [0.2, 0.25) is 0 Å². The van der Waals surface area contributed by atoms with Crippen LogP contribution in [0.5, 0.6) is 0 Å². The SMILES string of the molecule is CC1CCC(CCNC(=O)c2ccc(CN)cn2)CC1. The fourth-order valence-electron chi connectivity index (χ4n) is 2.78. The lowest BCUT2D eigenvalue weighted by molar-refractivity contribution is 0.0944. The molecule has 4 heteroatoms. The van der Waals surface area contributed by atoms with Crippen molar-refractivity contribution in [3.8, 4) is 0 Å². The molecule has 110 valence electrons. The van der Waals surface area contributed by atoms with Gasteiger partial charge in [0.1, 0.15) is 5.69 Å². The van der Waals surface area contributed by atoms with Crippen molar-refractivity contribution >= 4 is 5.91 Å². The third kappa shape index (κ3) is 4.30. The second-order valence-corrected chi connectivity index (χ2v) is 5.93. The summed E-state index contributed by atoms with van der Waals surface area (Å²) in [6.07, 6.45) is 8.03. The number of nitrogens with two attached hydrogens (primary N) is 1. The fourth-order valence-corrected chi connectivity index (χ4v) is 2.78. The summed E-state index contributed by atoms with van der Waals surface area (Å²) in [5.41, 5.74) is 6.92. The highest BCUT2D eigenvalue weighted by atomic mass is 16.1. The van der Waals surface area contributed by atoms with Crippen LogP contribution in [0, 0.1) is 11.8 Å². The first-order valence-corrected chi connectivity index (χ1v) is 7.62. The van der Waals surface area contributed by atoms with Crippen molar-refractivity contribution in [2.45, 2.75) is 45.6 Å². The Balaban J connectivity index is 1.71. The van der Waals surface area contributed by atoms with Crippen LogP contribution in [0.4, 0.5) is 0 Å². The topological polar surface area (TPSA) is 68.0 Å². The van der Waals surface area contributed by atoms with Crippen molar-refractivity contribution in [1.29, 1.82) is 0 Å². The summed E-state index contributed by atoms with van der Waals surface area (Å²) in [6, 6.07) is 3.59. The normalized spacial score (nSPS) is 22.5. The van der Waals surface area contributed by atoms with Crippen molar-refractivity contribution in [3.05, 3.63) is 29.6 Å². The summed E-state index contributed by atoms with van der Waals surface area (Å²) >= 11 is 0. The minimum absolute atomic E-state index is 0.0854. The summed E-state index contributed by atoms with van der Waals surface area (Å²) in [4.78, 5) is 16.1. The molecular weight excluding hydrogens is 250 g/mol. The van der Waals surface area contributed by atoms with Crippen molar-refractivity contribution < 1.29 is 4.79 Å². The van der Waals surface area contributed by atoms with Crippen LogP contribution < -0.4 is 11.1 Å². The van der Waals surface area contributed by atoms with Crippen molar-refractivity contribution in [3.63, 3.8) is 0 Å². The number of aromatic nitrogens is 1. The Labute approximate surface area is 121 Å². The minimum Gasteiger partial charge on any atom is -0.351 e. The molecule has 0 saturated heterocycles. The Hall–Kier alpha value is -1.42. The number of pyridine rings is 1. The lowest BCUT2D eigenvalue weighted by Gasteiger charge is -2.26. The van der Waals surface area contributed by atoms with Crippen LogP contribution in [0.15, 0.2) is 18.3 Å². The molecule has 1 aliphatic rings. The molecule has 0 unspecified atom stereocenters. The van der Waals surface area contributed by atoms with Gasteiger partial charge in [0.05, 0.1) is 0 Å². The van der Waals surface area contributed by atoms with E-state index in [0.29, 0.717) is 12.2 Å². The number of carbonyl (C=O) groups is 1. The fraction of sp³-hybridized carbons (Fsp3) is 0.625. The molecule has 2 rings (SSSR count). The first-order chi connectivity index (χ1) is 9.69. The molecule has 1 aromatic heterocycles. The number of hydrogen-bond donors (Lipinski definition) is 2. The summed E-state index contributed by atoms with van der Waals surface area (Å²) in [5.74, 6) is 1.57. The van der Waals surface area contributed by atoms with E-state index in [2.05, 4.69) is 17.2 Å². The highest BCUT2D eigenvalue weighted by Gasteiger charge is 2.18. The van der Waals surface area contributed by atoms with Crippen molar-refractivity contribution in [1.82, 2.24) is 10.3 Å². The molecule has 0 atom stereocenters. The molecule has 0 radical (unpaired) electrons. The molecule has 1 saturated carbocycles. The largest absolute Gasteiger partial charge is 0.351 e. The van der Waals surface area contributed by atoms with Gasteiger partial charge in [-0.25, -0.2) is 0 Å². The monoisotopic (exact) mass is 275 g/mol. The van der Waals surface area contributed by atoms with E-state index in [-0.39, 0.29) is 5.91 Å². The number of nitrogens with one attached hydrogen (secondary N) is 1. The molecule has 1 fully saturated rings. The lowest BCUT2D eigenvalue weighted by atomic mass is 9.81. The van der Waals surface area contributed by atoms with Crippen LogP contribution in [0.1, 0.15) is 55.1 Å². The Bertz CT molecular complexity index is 422. The van der Waals surface area contributed by atoms with Crippen LogP contribution in [0.3, 0.4) is 0 Å². The highest BCUT2D eigenvalue weighted by molar-refractivity contribution is 5.92. The number of amides is 1. The second-order valence-electron chi connectivity index (χ2n) is 5.93. The average Bonchev–Trinajstić information content (AvgIpc) is 2.49. The van der Waals surface area contributed by atoms with Gasteiger partial charge in [-0.3, -0.25) is 9.78 Å². The van der Waals surface area contributed by atoms with Gasteiger partial charge in [-0.2, -0.15) is 0 Å². The van der Waals surface area contributed by atoms with E-state index in [4.69, 9.17) is 5.73 Å². The van der Waals surface area contributed by atoms with E-state index >= 15 is 0 Å². The van der Waals surface area contributed by atoms with Gasteiger partial charge in [-0.05, 0) is 29.9 Å². The molecule has 4 nitrogen and oxygen atoms in total. The minimum atomic E-state index is -0.0854. The second kappa shape index (κ2) is 7.39. The molecule has 20 heavy (non-hydrogen) atoms. The lowest BCUT2D eigenvalue weighted by Crippen LogP contribution is -2.27. The van der Waals surface area contributed by atoms with E-state index in [1.54, 1.807) is 12.3 Å². The molecule has 0 aliphatic heterocycles. The van der Waals surface area contributed by atoms with Gasteiger partial charge in [-0.1, -0.05) is 38.7 Å².